The first-order valence-corrected chi connectivity index (χ1v) is 9.58. The number of nitrogens with zero attached hydrogens (tertiary/aromatic N) is 3. The van der Waals surface area contributed by atoms with E-state index in [1.165, 1.54) is 16.7 Å². The molecule has 8 heteroatoms. The van der Waals surface area contributed by atoms with Crippen LogP contribution in [0.5, 0.6) is 5.75 Å². The number of aromatic nitrogens is 3. The number of rotatable bonds is 4. The average molecular weight is 425 g/mol. The quantitative estimate of drug-likeness (QED) is 0.500. The topological polar surface area (TPSA) is 68.0 Å². The van der Waals surface area contributed by atoms with Crippen LogP contribution in [0.1, 0.15) is 24.2 Å². The lowest BCUT2D eigenvalue weighted by Crippen LogP contribution is -2.29. The van der Waals surface area contributed by atoms with Crippen LogP contribution in [0.4, 0.5) is 13.2 Å². The van der Waals surface area contributed by atoms with Crippen molar-refractivity contribution in [3.63, 3.8) is 0 Å². The molecule has 1 N–H and O–H groups in total. The van der Waals surface area contributed by atoms with Crippen molar-refractivity contribution in [1.29, 1.82) is 0 Å². The molecule has 31 heavy (non-hydrogen) atoms. The monoisotopic (exact) mass is 425 g/mol. The number of phenolic OH excluding ortho intramolecular Hbond substituents is 1. The second-order valence-corrected chi connectivity index (χ2v) is 7.22. The van der Waals surface area contributed by atoms with Crippen molar-refractivity contribution in [2.45, 2.75) is 25.6 Å². The maximum atomic E-state index is 13.6. The number of aromatic hydroxyl groups is 1. The molecule has 1 unspecified atom stereocenters. The van der Waals surface area contributed by atoms with Crippen LogP contribution in [-0.2, 0) is 12.6 Å². The van der Waals surface area contributed by atoms with Gasteiger partial charge in [0.1, 0.15) is 11.6 Å². The van der Waals surface area contributed by atoms with E-state index in [1.54, 1.807) is 25.1 Å². The van der Waals surface area contributed by atoms with Gasteiger partial charge in [0.25, 0.3) is 5.56 Å². The van der Waals surface area contributed by atoms with Crippen molar-refractivity contribution in [3.05, 3.63) is 88.5 Å². The fourth-order valence-corrected chi connectivity index (χ4v) is 3.66. The zero-order valence-electron chi connectivity index (χ0n) is 16.5. The summed E-state index contributed by atoms with van der Waals surface area (Å²) in [4.78, 5) is 21.2. The van der Waals surface area contributed by atoms with Gasteiger partial charge in [-0.3, -0.25) is 14.3 Å². The third-order valence-electron chi connectivity index (χ3n) is 5.04. The Morgan fingerprint density at radius 3 is 2.39 bits per heavy atom. The maximum absolute atomic E-state index is 13.6. The van der Waals surface area contributed by atoms with Gasteiger partial charge in [0, 0.05) is 12.2 Å². The molecule has 0 amide bonds. The van der Waals surface area contributed by atoms with Gasteiger partial charge in [-0.15, -0.1) is 0 Å². The standard InChI is InChI=1S/C23H18F3N3O2/c1-14(13-15-7-3-2-4-8-15)29-21(16-9-5-6-10-18(16)30)28-17-11-12-27-20(23(24,25)26)19(17)22(29)31/h2-12,14,30H,13H2,1H3. The lowest BCUT2D eigenvalue weighted by Gasteiger charge is -2.21. The minimum atomic E-state index is -4.81. The highest BCUT2D eigenvalue weighted by Crippen LogP contribution is 2.34. The summed E-state index contributed by atoms with van der Waals surface area (Å²) in [6, 6.07) is 16.3. The molecular formula is C23H18F3N3O2. The SMILES string of the molecule is CC(Cc1ccccc1)n1c(-c2ccccc2O)nc2ccnc(C(F)(F)F)c2c1=O. The van der Waals surface area contributed by atoms with Gasteiger partial charge in [-0.2, -0.15) is 13.2 Å². The first kappa shape index (κ1) is 20.6. The van der Waals surface area contributed by atoms with E-state index in [1.807, 2.05) is 30.3 Å². The van der Waals surface area contributed by atoms with Crippen molar-refractivity contribution in [1.82, 2.24) is 14.5 Å². The lowest BCUT2D eigenvalue weighted by molar-refractivity contribution is -0.139. The number of phenols is 1. The molecule has 0 aliphatic heterocycles. The fourth-order valence-electron chi connectivity index (χ4n) is 3.66. The second-order valence-electron chi connectivity index (χ2n) is 7.22. The molecule has 0 bridgehead atoms. The molecule has 158 valence electrons. The number of fused-ring (bicyclic) bond motifs is 1. The van der Waals surface area contributed by atoms with Gasteiger partial charge in [-0.25, -0.2) is 4.98 Å². The Hall–Kier alpha value is -3.68. The van der Waals surface area contributed by atoms with E-state index in [-0.39, 0.29) is 22.7 Å². The zero-order valence-corrected chi connectivity index (χ0v) is 16.5. The highest BCUT2D eigenvalue weighted by molar-refractivity contribution is 5.82. The number of alkyl halides is 3. The Balaban J connectivity index is 2.03. The second kappa shape index (κ2) is 7.86. The van der Waals surface area contributed by atoms with E-state index >= 15 is 0 Å². The predicted octanol–water partition coefficient (Wildman–Crippen LogP) is 4.99. The molecule has 2 aromatic heterocycles. The van der Waals surface area contributed by atoms with Crippen LogP contribution in [0.15, 0.2) is 71.7 Å². The van der Waals surface area contributed by atoms with E-state index in [0.29, 0.717) is 6.42 Å². The largest absolute Gasteiger partial charge is 0.507 e. The summed E-state index contributed by atoms with van der Waals surface area (Å²) < 4.78 is 42.0. The smallest absolute Gasteiger partial charge is 0.434 e. The predicted molar refractivity (Wildman–Crippen MR) is 111 cm³/mol. The van der Waals surface area contributed by atoms with Gasteiger partial charge in [-0.05, 0) is 37.1 Å². The normalized spacial score (nSPS) is 12.8. The van der Waals surface area contributed by atoms with Crippen LogP contribution < -0.4 is 5.56 Å². The van der Waals surface area contributed by atoms with Crippen LogP contribution in [0, 0.1) is 0 Å². The third kappa shape index (κ3) is 3.88. The minimum absolute atomic E-state index is 0.0957. The van der Waals surface area contributed by atoms with E-state index < -0.39 is 28.9 Å². The molecule has 4 rings (SSSR count). The van der Waals surface area contributed by atoms with Crippen LogP contribution >= 0.6 is 0 Å². The molecule has 0 radical (unpaired) electrons. The first-order valence-electron chi connectivity index (χ1n) is 9.58. The van der Waals surface area contributed by atoms with Gasteiger partial charge in [0.2, 0.25) is 0 Å². The molecule has 1 atom stereocenters. The third-order valence-corrected chi connectivity index (χ3v) is 5.04. The molecule has 0 aliphatic carbocycles. The Kier molecular flexibility index (Phi) is 5.22. The molecule has 2 heterocycles. The van der Waals surface area contributed by atoms with E-state index in [9.17, 15) is 23.1 Å². The highest BCUT2D eigenvalue weighted by atomic mass is 19.4. The van der Waals surface area contributed by atoms with E-state index in [0.717, 1.165) is 11.8 Å². The van der Waals surface area contributed by atoms with E-state index in [2.05, 4.69) is 9.97 Å². The highest BCUT2D eigenvalue weighted by Gasteiger charge is 2.36. The Morgan fingerprint density at radius 1 is 1.03 bits per heavy atom. The summed E-state index contributed by atoms with van der Waals surface area (Å²) in [7, 11) is 0. The molecule has 5 nitrogen and oxygen atoms in total. The van der Waals surface area contributed by atoms with Crippen molar-refractivity contribution < 1.29 is 18.3 Å². The number of benzene rings is 2. The van der Waals surface area contributed by atoms with Crippen molar-refractivity contribution in [2.24, 2.45) is 0 Å². The minimum Gasteiger partial charge on any atom is -0.507 e. The molecule has 4 aromatic rings. The Morgan fingerprint density at radius 2 is 1.71 bits per heavy atom. The van der Waals surface area contributed by atoms with Crippen molar-refractivity contribution in [2.75, 3.05) is 0 Å². The van der Waals surface area contributed by atoms with Crippen molar-refractivity contribution in [3.8, 4) is 17.1 Å². The van der Waals surface area contributed by atoms with Gasteiger partial charge < -0.3 is 5.11 Å². The Bertz CT molecular complexity index is 1300. The number of hydrogen-bond acceptors (Lipinski definition) is 4. The summed E-state index contributed by atoms with van der Waals surface area (Å²) in [5, 5.41) is 9.77. The maximum Gasteiger partial charge on any atom is 0.434 e. The van der Waals surface area contributed by atoms with Gasteiger partial charge in [0.15, 0.2) is 5.69 Å². The number of para-hydroxylation sites is 1. The molecular weight excluding hydrogens is 407 g/mol. The summed E-state index contributed by atoms with van der Waals surface area (Å²) in [6.45, 7) is 1.73. The van der Waals surface area contributed by atoms with Crippen LogP contribution in [0.2, 0.25) is 0 Å². The molecule has 0 aliphatic rings. The van der Waals surface area contributed by atoms with Crippen LogP contribution in [-0.4, -0.2) is 19.6 Å². The fraction of sp³-hybridized carbons (Fsp3) is 0.174. The van der Waals surface area contributed by atoms with Crippen LogP contribution in [0.25, 0.3) is 22.3 Å². The van der Waals surface area contributed by atoms with Crippen LogP contribution in [0.3, 0.4) is 0 Å². The van der Waals surface area contributed by atoms with Gasteiger partial charge in [0.05, 0.1) is 16.5 Å². The molecule has 0 saturated carbocycles. The van der Waals surface area contributed by atoms with Crippen molar-refractivity contribution >= 4 is 10.9 Å². The van der Waals surface area contributed by atoms with E-state index in [4.69, 9.17) is 0 Å². The number of hydrogen-bond donors (Lipinski definition) is 1. The number of pyridine rings is 1. The molecule has 0 spiro atoms. The summed E-state index contributed by atoms with van der Waals surface area (Å²) in [6.07, 6.45) is -3.45. The Labute approximate surface area is 175 Å². The number of halogens is 3. The summed E-state index contributed by atoms with van der Waals surface area (Å²) in [5.41, 5.74) is -1.09. The summed E-state index contributed by atoms with van der Waals surface area (Å²) >= 11 is 0. The molecule has 0 saturated heterocycles. The molecule has 0 fully saturated rings. The first-order chi connectivity index (χ1) is 14.8. The summed E-state index contributed by atoms with van der Waals surface area (Å²) in [5.74, 6) is -0.0298. The van der Waals surface area contributed by atoms with Gasteiger partial charge >= 0.3 is 6.18 Å². The molecule has 2 aromatic carbocycles. The lowest BCUT2D eigenvalue weighted by atomic mass is 10.1. The zero-order chi connectivity index (χ0) is 22.2. The average Bonchev–Trinajstić information content (AvgIpc) is 2.73. The van der Waals surface area contributed by atoms with Gasteiger partial charge in [-0.1, -0.05) is 42.5 Å².